The summed E-state index contributed by atoms with van der Waals surface area (Å²) in [5.74, 6) is -0.125. The van der Waals surface area contributed by atoms with Gasteiger partial charge < -0.3 is 20.6 Å². The second-order valence-electron chi connectivity index (χ2n) is 14.6. The lowest BCUT2D eigenvalue weighted by atomic mass is 10.0. The highest BCUT2D eigenvalue weighted by Gasteiger charge is 2.18. The Bertz CT molecular complexity index is 655. The SMILES string of the molecule is CCCCCCCCCCCCCCCCCCCCCCCC(=O)N[C@@H](CO)[C@H](O)/C=C/[C@H](O)CCCCCCCCCCCC. The molecule has 0 fully saturated rings. The van der Waals surface area contributed by atoms with E-state index in [4.69, 9.17) is 0 Å². The Morgan fingerprint density at radius 1 is 0.489 bits per heavy atom. The van der Waals surface area contributed by atoms with Crippen molar-refractivity contribution in [2.75, 3.05) is 6.61 Å². The Balaban J connectivity index is 3.61. The number of aliphatic hydroxyl groups is 3. The molecule has 5 nitrogen and oxygen atoms in total. The molecule has 5 heteroatoms. The highest BCUT2D eigenvalue weighted by Crippen LogP contribution is 2.16. The molecule has 0 saturated carbocycles. The zero-order valence-electron chi connectivity index (χ0n) is 31.7. The minimum absolute atomic E-state index is 0.125. The van der Waals surface area contributed by atoms with Crippen LogP contribution in [0, 0.1) is 0 Å². The number of rotatable bonds is 38. The largest absolute Gasteiger partial charge is 0.394 e. The van der Waals surface area contributed by atoms with Crippen molar-refractivity contribution in [3.8, 4) is 0 Å². The van der Waals surface area contributed by atoms with Gasteiger partial charge in [0.15, 0.2) is 0 Å². The average molecular weight is 666 g/mol. The summed E-state index contributed by atoms with van der Waals surface area (Å²) in [5, 5.41) is 33.1. The number of unbranched alkanes of at least 4 members (excludes halogenated alkanes) is 29. The molecule has 0 saturated heterocycles. The monoisotopic (exact) mass is 666 g/mol. The third-order valence-electron chi connectivity index (χ3n) is 9.85. The summed E-state index contributed by atoms with van der Waals surface area (Å²) in [7, 11) is 0. The smallest absolute Gasteiger partial charge is 0.220 e. The van der Waals surface area contributed by atoms with Gasteiger partial charge in [-0.25, -0.2) is 0 Å². The average Bonchev–Trinajstić information content (AvgIpc) is 3.07. The van der Waals surface area contributed by atoms with Gasteiger partial charge in [-0.15, -0.1) is 0 Å². The van der Waals surface area contributed by atoms with Crippen molar-refractivity contribution < 1.29 is 20.1 Å². The van der Waals surface area contributed by atoms with Crippen LogP contribution in [0.25, 0.3) is 0 Å². The van der Waals surface area contributed by atoms with E-state index in [2.05, 4.69) is 19.2 Å². The minimum atomic E-state index is -1.01. The zero-order chi connectivity index (χ0) is 34.5. The van der Waals surface area contributed by atoms with Crippen LogP contribution in [0.15, 0.2) is 12.2 Å². The van der Waals surface area contributed by atoms with Gasteiger partial charge in [-0.2, -0.15) is 0 Å². The first-order valence-electron chi connectivity index (χ1n) is 21.0. The third-order valence-corrected chi connectivity index (χ3v) is 9.85. The lowest BCUT2D eigenvalue weighted by molar-refractivity contribution is -0.123. The molecule has 0 aliphatic carbocycles. The van der Waals surface area contributed by atoms with Gasteiger partial charge in [0.1, 0.15) is 0 Å². The summed E-state index contributed by atoms with van der Waals surface area (Å²) in [4.78, 5) is 12.4. The number of amides is 1. The molecule has 0 heterocycles. The van der Waals surface area contributed by atoms with Gasteiger partial charge in [0.25, 0.3) is 0 Å². The van der Waals surface area contributed by atoms with Crippen molar-refractivity contribution in [3.63, 3.8) is 0 Å². The normalized spacial score (nSPS) is 13.7. The second-order valence-corrected chi connectivity index (χ2v) is 14.6. The molecule has 47 heavy (non-hydrogen) atoms. The summed E-state index contributed by atoms with van der Waals surface area (Å²) in [6.45, 7) is 4.21. The van der Waals surface area contributed by atoms with Crippen molar-refractivity contribution in [2.45, 2.75) is 244 Å². The van der Waals surface area contributed by atoms with Crippen molar-refractivity contribution in [3.05, 3.63) is 12.2 Å². The van der Waals surface area contributed by atoms with Crippen molar-refractivity contribution >= 4 is 5.91 Å². The van der Waals surface area contributed by atoms with Gasteiger partial charge in [0.2, 0.25) is 5.91 Å². The number of carbonyl (C=O) groups is 1. The fourth-order valence-electron chi connectivity index (χ4n) is 6.55. The predicted octanol–water partition coefficient (Wildman–Crippen LogP) is 11.7. The maximum absolute atomic E-state index is 12.4. The Kier molecular flexibility index (Phi) is 37.2. The Morgan fingerprint density at radius 2 is 0.809 bits per heavy atom. The molecule has 0 aliphatic rings. The maximum atomic E-state index is 12.4. The molecular weight excluding hydrogens is 582 g/mol. The highest BCUT2D eigenvalue weighted by molar-refractivity contribution is 5.76. The van der Waals surface area contributed by atoms with Crippen LogP contribution in [-0.2, 0) is 4.79 Å². The number of hydrogen-bond acceptors (Lipinski definition) is 4. The van der Waals surface area contributed by atoms with Crippen LogP contribution in [0.3, 0.4) is 0 Å². The molecule has 3 atom stereocenters. The fraction of sp³-hybridized carbons (Fsp3) is 0.929. The van der Waals surface area contributed by atoms with E-state index >= 15 is 0 Å². The molecule has 0 rings (SSSR count). The van der Waals surface area contributed by atoms with E-state index in [0.29, 0.717) is 12.8 Å². The molecule has 1 amide bonds. The standard InChI is InChI=1S/C42H83NO4/c1-3-5-7-9-11-13-15-16-17-18-19-20-21-22-23-24-25-27-29-31-33-35-42(47)43-40(38-44)41(46)37-36-39(45)34-32-30-28-26-14-12-10-8-6-4-2/h36-37,39-41,44-46H,3-35,38H2,1-2H3,(H,43,47)/b37-36+/t39-,40+,41-/m1/s1. The Hall–Kier alpha value is -0.910. The first kappa shape index (κ1) is 46.1. The molecule has 0 aliphatic heterocycles. The molecule has 4 N–H and O–H groups in total. The van der Waals surface area contributed by atoms with Gasteiger partial charge >= 0.3 is 0 Å². The molecule has 0 radical (unpaired) electrons. The lowest BCUT2D eigenvalue weighted by Crippen LogP contribution is -2.45. The van der Waals surface area contributed by atoms with Crippen LogP contribution in [0.5, 0.6) is 0 Å². The molecular formula is C42H83NO4. The Labute approximate surface area is 293 Å². The Morgan fingerprint density at radius 3 is 1.15 bits per heavy atom. The first-order chi connectivity index (χ1) is 23.0. The van der Waals surface area contributed by atoms with Gasteiger partial charge in [-0.3, -0.25) is 4.79 Å². The molecule has 0 aromatic heterocycles. The van der Waals surface area contributed by atoms with E-state index in [1.165, 1.54) is 173 Å². The summed E-state index contributed by atoms with van der Waals surface area (Å²) in [6, 6.07) is -0.738. The van der Waals surface area contributed by atoms with E-state index in [1.807, 2.05) is 0 Å². The summed E-state index contributed by atoms with van der Waals surface area (Å²) < 4.78 is 0. The zero-order valence-corrected chi connectivity index (χ0v) is 31.7. The summed E-state index contributed by atoms with van der Waals surface area (Å²) in [6.07, 6.45) is 43.3. The van der Waals surface area contributed by atoms with E-state index < -0.39 is 18.2 Å². The topological polar surface area (TPSA) is 89.8 Å². The van der Waals surface area contributed by atoms with E-state index in [-0.39, 0.29) is 12.5 Å². The third kappa shape index (κ3) is 34.7. The molecule has 280 valence electrons. The van der Waals surface area contributed by atoms with Gasteiger partial charge in [-0.1, -0.05) is 219 Å². The van der Waals surface area contributed by atoms with Crippen LogP contribution >= 0.6 is 0 Å². The molecule has 0 aromatic carbocycles. The highest BCUT2D eigenvalue weighted by atomic mass is 16.3. The van der Waals surface area contributed by atoms with Crippen molar-refractivity contribution in [1.82, 2.24) is 5.32 Å². The molecule has 0 spiro atoms. The summed E-state index contributed by atoms with van der Waals surface area (Å²) in [5.41, 5.74) is 0. The van der Waals surface area contributed by atoms with Crippen LogP contribution < -0.4 is 5.32 Å². The van der Waals surface area contributed by atoms with Gasteiger partial charge in [0, 0.05) is 6.42 Å². The van der Waals surface area contributed by atoms with Gasteiger partial charge in [0.05, 0.1) is 24.9 Å². The van der Waals surface area contributed by atoms with Crippen molar-refractivity contribution in [1.29, 1.82) is 0 Å². The fourth-order valence-corrected chi connectivity index (χ4v) is 6.55. The molecule has 0 aromatic rings. The first-order valence-corrected chi connectivity index (χ1v) is 21.0. The lowest BCUT2D eigenvalue weighted by Gasteiger charge is -2.20. The van der Waals surface area contributed by atoms with Gasteiger partial charge in [-0.05, 0) is 12.8 Å². The molecule has 0 unspecified atom stereocenters. The van der Waals surface area contributed by atoms with E-state index in [0.717, 1.165) is 32.1 Å². The van der Waals surface area contributed by atoms with E-state index in [1.54, 1.807) is 6.08 Å². The number of aliphatic hydroxyl groups excluding tert-OH is 3. The number of hydrogen-bond donors (Lipinski definition) is 4. The minimum Gasteiger partial charge on any atom is -0.394 e. The molecule has 0 bridgehead atoms. The van der Waals surface area contributed by atoms with Crippen LogP contribution in [0.4, 0.5) is 0 Å². The van der Waals surface area contributed by atoms with E-state index in [9.17, 15) is 20.1 Å². The maximum Gasteiger partial charge on any atom is 0.220 e. The van der Waals surface area contributed by atoms with Crippen LogP contribution in [0.1, 0.15) is 226 Å². The quantitative estimate of drug-likeness (QED) is 0.0390. The summed E-state index contributed by atoms with van der Waals surface area (Å²) >= 11 is 0. The number of nitrogens with one attached hydrogen (secondary N) is 1. The van der Waals surface area contributed by atoms with Crippen molar-refractivity contribution in [2.24, 2.45) is 0 Å². The van der Waals surface area contributed by atoms with Crippen LogP contribution in [0.2, 0.25) is 0 Å². The number of carbonyl (C=O) groups excluding carboxylic acids is 1. The predicted molar refractivity (Wildman–Crippen MR) is 204 cm³/mol. The van der Waals surface area contributed by atoms with Crippen LogP contribution in [-0.4, -0.2) is 46.1 Å². The second kappa shape index (κ2) is 37.9.